The first-order valence-corrected chi connectivity index (χ1v) is 7.59. The quantitative estimate of drug-likeness (QED) is 0.322. The summed E-state index contributed by atoms with van der Waals surface area (Å²) in [5.41, 5.74) is 1.42. The monoisotopic (exact) mass is 395 g/mol. The van der Waals surface area contributed by atoms with Gasteiger partial charge in [-0.3, -0.25) is 14.9 Å². The van der Waals surface area contributed by atoms with E-state index in [2.05, 4.69) is 22.6 Å². The minimum atomic E-state index is -0.395. The predicted octanol–water partition coefficient (Wildman–Crippen LogP) is 3.92. The van der Waals surface area contributed by atoms with Crippen LogP contribution in [0.2, 0.25) is 0 Å². The summed E-state index contributed by atoms with van der Waals surface area (Å²) in [6.07, 6.45) is 0.144. The van der Waals surface area contributed by atoms with E-state index in [-0.39, 0.29) is 23.7 Å². The number of hydrogen-bond donors (Lipinski definition) is 0. The number of carbonyl (C=O) groups excluding carboxylic acids is 1. The van der Waals surface area contributed by atoms with Crippen LogP contribution in [-0.4, -0.2) is 17.3 Å². The lowest BCUT2D eigenvalue weighted by Crippen LogP contribution is -2.16. The lowest BCUT2D eigenvalue weighted by Gasteiger charge is -2.12. The summed E-state index contributed by atoms with van der Waals surface area (Å²) >= 11 is 2.17. The second-order valence-corrected chi connectivity index (χ2v) is 6.00. The van der Waals surface area contributed by atoms with Gasteiger partial charge in [-0.2, -0.15) is 0 Å². The van der Waals surface area contributed by atoms with Crippen molar-refractivity contribution >= 4 is 28.4 Å². The average Bonchev–Trinajstić information content (AvgIpc) is 2.47. The molecule has 4 nitrogen and oxygen atoms in total. The first-order valence-electron chi connectivity index (χ1n) is 6.52. The Balaban J connectivity index is 2.17. The standard InChI is InChI=1S/C16H14INO3/c17-15-8-6-13(7-9-15)16(19)10-14(11-18(20)21)12-4-2-1-3-5-12/h1-9,14H,10-11H2. The Morgan fingerprint density at radius 3 is 2.29 bits per heavy atom. The molecule has 0 saturated heterocycles. The van der Waals surface area contributed by atoms with E-state index < -0.39 is 5.92 Å². The Morgan fingerprint density at radius 1 is 1.10 bits per heavy atom. The average molecular weight is 395 g/mol. The molecule has 0 heterocycles. The number of Topliss-reactive ketones (excluding diaryl/α,β-unsaturated/α-hetero) is 1. The van der Waals surface area contributed by atoms with Gasteiger partial charge < -0.3 is 0 Å². The van der Waals surface area contributed by atoms with Crippen LogP contribution < -0.4 is 0 Å². The van der Waals surface area contributed by atoms with E-state index >= 15 is 0 Å². The fraction of sp³-hybridized carbons (Fsp3) is 0.188. The second-order valence-electron chi connectivity index (χ2n) is 4.76. The molecule has 0 spiro atoms. The van der Waals surface area contributed by atoms with E-state index in [1.807, 2.05) is 42.5 Å². The Labute approximate surface area is 136 Å². The van der Waals surface area contributed by atoms with Crippen molar-refractivity contribution in [1.29, 1.82) is 0 Å². The molecular formula is C16H14INO3. The summed E-state index contributed by atoms with van der Waals surface area (Å²) in [7, 11) is 0. The Kier molecular flexibility index (Phi) is 5.44. The van der Waals surface area contributed by atoms with Crippen molar-refractivity contribution in [2.45, 2.75) is 12.3 Å². The summed E-state index contributed by atoms with van der Waals surface area (Å²) in [6.45, 7) is -0.236. The molecule has 5 heteroatoms. The zero-order chi connectivity index (χ0) is 15.2. The van der Waals surface area contributed by atoms with Crippen LogP contribution in [0.15, 0.2) is 54.6 Å². The molecule has 0 bridgehead atoms. The minimum Gasteiger partial charge on any atom is -0.294 e. The summed E-state index contributed by atoms with van der Waals surface area (Å²) in [5, 5.41) is 10.8. The second kappa shape index (κ2) is 7.31. The van der Waals surface area contributed by atoms with Gasteiger partial charge in [0.25, 0.3) is 0 Å². The van der Waals surface area contributed by atoms with Crippen molar-refractivity contribution in [3.05, 3.63) is 79.4 Å². The van der Waals surface area contributed by atoms with Crippen molar-refractivity contribution in [1.82, 2.24) is 0 Å². The summed E-state index contributed by atoms with van der Waals surface area (Å²) in [5.74, 6) is -0.463. The van der Waals surface area contributed by atoms with Gasteiger partial charge in [0.2, 0.25) is 6.54 Å². The molecule has 0 aliphatic rings. The van der Waals surface area contributed by atoms with Gasteiger partial charge in [0.1, 0.15) is 0 Å². The molecule has 0 aliphatic heterocycles. The van der Waals surface area contributed by atoms with Gasteiger partial charge in [0, 0.05) is 20.5 Å². The van der Waals surface area contributed by atoms with Crippen LogP contribution in [0.1, 0.15) is 28.3 Å². The SMILES string of the molecule is O=C(CC(C[N+](=O)[O-])c1ccccc1)c1ccc(I)cc1. The van der Waals surface area contributed by atoms with Crippen LogP contribution in [0.5, 0.6) is 0 Å². The highest BCUT2D eigenvalue weighted by molar-refractivity contribution is 14.1. The van der Waals surface area contributed by atoms with Crippen molar-refractivity contribution in [3.8, 4) is 0 Å². The molecule has 0 N–H and O–H groups in total. The number of halogens is 1. The summed E-state index contributed by atoms with van der Waals surface area (Å²) < 4.78 is 1.05. The fourth-order valence-corrected chi connectivity index (χ4v) is 2.53. The Bertz CT molecular complexity index is 626. The number of nitro groups is 1. The van der Waals surface area contributed by atoms with Crippen LogP contribution in [-0.2, 0) is 0 Å². The van der Waals surface area contributed by atoms with Gasteiger partial charge in [-0.1, -0.05) is 42.5 Å². The number of nitrogens with zero attached hydrogens (tertiary/aromatic N) is 1. The van der Waals surface area contributed by atoms with E-state index in [0.717, 1.165) is 9.13 Å². The zero-order valence-corrected chi connectivity index (χ0v) is 13.4. The molecule has 1 unspecified atom stereocenters. The van der Waals surface area contributed by atoms with Gasteiger partial charge in [-0.15, -0.1) is 0 Å². The lowest BCUT2D eigenvalue weighted by molar-refractivity contribution is -0.483. The van der Waals surface area contributed by atoms with E-state index in [1.54, 1.807) is 12.1 Å². The van der Waals surface area contributed by atoms with Gasteiger partial charge in [-0.05, 0) is 40.3 Å². The number of benzene rings is 2. The third kappa shape index (κ3) is 4.63. The molecule has 0 aliphatic carbocycles. The molecule has 2 aromatic carbocycles. The smallest absolute Gasteiger partial charge is 0.211 e. The molecule has 2 rings (SSSR count). The third-order valence-electron chi connectivity index (χ3n) is 3.24. The topological polar surface area (TPSA) is 60.2 Å². The maximum Gasteiger partial charge on any atom is 0.211 e. The molecule has 2 aromatic rings. The summed E-state index contributed by atoms with van der Waals surface area (Å²) in [4.78, 5) is 22.8. The van der Waals surface area contributed by atoms with Crippen molar-refractivity contribution < 1.29 is 9.72 Å². The van der Waals surface area contributed by atoms with E-state index in [4.69, 9.17) is 0 Å². The molecule has 0 radical (unpaired) electrons. The Hall–Kier alpha value is -1.76. The molecule has 0 aromatic heterocycles. The largest absolute Gasteiger partial charge is 0.294 e. The summed E-state index contributed by atoms with van der Waals surface area (Å²) in [6, 6.07) is 16.4. The number of rotatable bonds is 6. The fourth-order valence-electron chi connectivity index (χ4n) is 2.17. The van der Waals surface area contributed by atoms with Crippen LogP contribution in [0, 0.1) is 13.7 Å². The third-order valence-corrected chi connectivity index (χ3v) is 3.96. The van der Waals surface area contributed by atoms with Crippen LogP contribution in [0.3, 0.4) is 0 Å². The van der Waals surface area contributed by atoms with Gasteiger partial charge in [0.05, 0.1) is 5.92 Å². The predicted molar refractivity (Wildman–Crippen MR) is 89.2 cm³/mol. The normalized spacial score (nSPS) is 11.9. The van der Waals surface area contributed by atoms with E-state index in [0.29, 0.717) is 5.56 Å². The highest BCUT2D eigenvalue weighted by Gasteiger charge is 2.22. The molecule has 0 fully saturated rings. The van der Waals surface area contributed by atoms with Gasteiger partial charge in [-0.25, -0.2) is 0 Å². The molecule has 0 saturated carbocycles. The van der Waals surface area contributed by atoms with E-state index in [9.17, 15) is 14.9 Å². The highest BCUT2D eigenvalue weighted by Crippen LogP contribution is 2.22. The van der Waals surface area contributed by atoms with Crippen molar-refractivity contribution in [2.75, 3.05) is 6.54 Å². The number of hydrogen-bond acceptors (Lipinski definition) is 3. The first kappa shape index (κ1) is 15.6. The van der Waals surface area contributed by atoms with Gasteiger partial charge in [0.15, 0.2) is 5.78 Å². The maximum atomic E-state index is 12.3. The zero-order valence-electron chi connectivity index (χ0n) is 11.2. The Morgan fingerprint density at radius 2 is 1.71 bits per heavy atom. The van der Waals surface area contributed by atoms with Crippen LogP contribution in [0.4, 0.5) is 0 Å². The number of carbonyl (C=O) groups is 1. The van der Waals surface area contributed by atoms with Crippen LogP contribution >= 0.6 is 22.6 Å². The molecular weight excluding hydrogens is 381 g/mol. The minimum absolute atomic E-state index is 0.0675. The van der Waals surface area contributed by atoms with Gasteiger partial charge >= 0.3 is 0 Å². The van der Waals surface area contributed by atoms with Crippen LogP contribution in [0.25, 0.3) is 0 Å². The lowest BCUT2D eigenvalue weighted by atomic mass is 9.91. The molecule has 108 valence electrons. The number of ketones is 1. The first-order chi connectivity index (χ1) is 10.1. The maximum absolute atomic E-state index is 12.3. The van der Waals surface area contributed by atoms with E-state index in [1.165, 1.54) is 0 Å². The molecule has 21 heavy (non-hydrogen) atoms. The van der Waals surface area contributed by atoms with Crippen molar-refractivity contribution in [3.63, 3.8) is 0 Å². The molecule has 0 amide bonds. The highest BCUT2D eigenvalue weighted by atomic mass is 127. The molecule has 1 atom stereocenters. The van der Waals surface area contributed by atoms with Crippen molar-refractivity contribution in [2.24, 2.45) is 0 Å².